The Labute approximate surface area is 73.7 Å². The van der Waals surface area contributed by atoms with E-state index in [9.17, 15) is 5.11 Å². The summed E-state index contributed by atoms with van der Waals surface area (Å²) in [4.78, 5) is 0. The average molecular weight is 174 g/mol. The average Bonchev–Trinajstić information content (AvgIpc) is 2.05. The van der Waals surface area contributed by atoms with Gasteiger partial charge in [0.1, 0.15) is 0 Å². The van der Waals surface area contributed by atoms with E-state index in [0.717, 1.165) is 25.7 Å². The van der Waals surface area contributed by atoms with Crippen molar-refractivity contribution in [1.29, 1.82) is 0 Å². The van der Waals surface area contributed by atoms with Gasteiger partial charge in [-0.1, -0.05) is 0 Å². The first-order chi connectivity index (χ1) is 5.83. The van der Waals surface area contributed by atoms with Gasteiger partial charge < -0.3 is 14.6 Å². The molecular weight excluding hydrogens is 156 g/mol. The molecule has 0 heterocycles. The summed E-state index contributed by atoms with van der Waals surface area (Å²) in [6, 6.07) is 0. The smallest absolute Gasteiger partial charge is 0.0704 e. The summed E-state index contributed by atoms with van der Waals surface area (Å²) in [5, 5.41) is 9.32. The predicted molar refractivity (Wildman–Crippen MR) is 46.1 cm³/mol. The molecule has 1 aliphatic rings. The molecule has 1 rings (SSSR count). The number of rotatable bonds is 4. The van der Waals surface area contributed by atoms with E-state index < -0.39 is 0 Å². The fourth-order valence-corrected chi connectivity index (χ4v) is 1.57. The lowest BCUT2D eigenvalue weighted by Crippen LogP contribution is -2.26. The standard InChI is InChI=1S/C9H18O3/c1-11-5-6-12-9-4-2-3-8(10)7-9/h8-10H,2-7H2,1H3. The molecule has 0 amide bonds. The highest BCUT2D eigenvalue weighted by Crippen LogP contribution is 2.20. The van der Waals surface area contributed by atoms with Crippen molar-refractivity contribution in [2.75, 3.05) is 20.3 Å². The van der Waals surface area contributed by atoms with Crippen molar-refractivity contribution in [3.8, 4) is 0 Å². The van der Waals surface area contributed by atoms with E-state index in [4.69, 9.17) is 9.47 Å². The van der Waals surface area contributed by atoms with Gasteiger partial charge in [0, 0.05) is 7.11 Å². The fourth-order valence-electron chi connectivity index (χ4n) is 1.57. The Morgan fingerprint density at radius 2 is 2.17 bits per heavy atom. The Morgan fingerprint density at radius 3 is 2.83 bits per heavy atom. The van der Waals surface area contributed by atoms with Gasteiger partial charge >= 0.3 is 0 Å². The van der Waals surface area contributed by atoms with Crippen LogP contribution in [-0.4, -0.2) is 37.6 Å². The number of methoxy groups -OCH3 is 1. The van der Waals surface area contributed by atoms with E-state index in [1.165, 1.54) is 0 Å². The molecule has 2 unspecified atom stereocenters. The van der Waals surface area contributed by atoms with E-state index in [1.807, 2.05) is 0 Å². The van der Waals surface area contributed by atoms with Crippen LogP contribution in [-0.2, 0) is 9.47 Å². The Morgan fingerprint density at radius 1 is 1.33 bits per heavy atom. The molecular formula is C9H18O3. The third-order valence-electron chi connectivity index (χ3n) is 2.24. The number of aliphatic hydroxyl groups is 1. The van der Waals surface area contributed by atoms with Gasteiger partial charge in [0.2, 0.25) is 0 Å². The summed E-state index contributed by atoms with van der Waals surface area (Å²) in [6.07, 6.45) is 4.00. The summed E-state index contributed by atoms with van der Waals surface area (Å²) in [6.45, 7) is 1.29. The molecule has 3 heteroatoms. The molecule has 0 aliphatic heterocycles. The molecule has 3 nitrogen and oxygen atoms in total. The Kier molecular flexibility index (Phi) is 4.58. The first-order valence-electron chi connectivity index (χ1n) is 4.61. The van der Waals surface area contributed by atoms with Gasteiger partial charge in [-0.15, -0.1) is 0 Å². The Bertz CT molecular complexity index is 116. The van der Waals surface area contributed by atoms with E-state index in [2.05, 4.69) is 0 Å². The van der Waals surface area contributed by atoms with Crippen molar-refractivity contribution < 1.29 is 14.6 Å². The monoisotopic (exact) mass is 174 g/mol. The molecule has 12 heavy (non-hydrogen) atoms. The molecule has 1 N–H and O–H groups in total. The number of hydrogen-bond donors (Lipinski definition) is 1. The van der Waals surface area contributed by atoms with Crippen LogP contribution >= 0.6 is 0 Å². The third-order valence-corrected chi connectivity index (χ3v) is 2.24. The molecule has 0 saturated heterocycles. The molecule has 0 aromatic heterocycles. The molecule has 0 radical (unpaired) electrons. The predicted octanol–water partition coefficient (Wildman–Crippen LogP) is 0.953. The highest BCUT2D eigenvalue weighted by atomic mass is 16.5. The minimum atomic E-state index is -0.147. The maximum atomic E-state index is 9.32. The number of ether oxygens (including phenoxy) is 2. The second-order valence-electron chi connectivity index (χ2n) is 3.31. The maximum Gasteiger partial charge on any atom is 0.0704 e. The molecule has 1 saturated carbocycles. The molecule has 0 aromatic carbocycles. The van der Waals surface area contributed by atoms with Crippen LogP contribution in [0, 0.1) is 0 Å². The highest BCUT2D eigenvalue weighted by molar-refractivity contribution is 4.71. The van der Waals surface area contributed by atoms with Crippen LogP contribution in [0.15, 0.2) is 0 Å². The van der Waals surface area contributed by atoms with Crippen molar-refractivity contribution in [3.63, 3.8) is 0 Å². The van der Waals surface area contributed by atoms with Gasteiger partial charge in [-0.3, -0.25) is 0 Å². The quantitative estimate of drug-likeness (QED) is 0.645. The maximum absolute atomic E-state index is 9.32. The van der Waals surface area contributed by atoms with Crippen LogP contribution in [0.5, 0.6) is 0 Å². The summed E-state index contributed by atoms with van der Waals surface area (Å²) >= 11 is 0. The number of hydrogen-bond acceptors (Lipinski definition) is 3. The molecule has 0 spiro atoms. The van der Waals surface area contributed by atoms with Crippen molar-refractivity contribution >= 4 is 0 Å². The summed E-state index contributed by atoms with van der Waals surface area (Å²) in [5.41, 5.74) is 0. The molecule has 1 aliphatic carbocycles. The van der Waals surface area contributed by atoms with E-state index >= 15 is 0 Å². The van der Waals surface area contributed by atoms with Gasteiger partial charge in [0.25, 0.3) is 0 Å². The SMILES string of the molecule is COCCOC1CCCC(O)C1. The Hall–Kier alpha value is -0.120. The van der Waals surface area contributed by atoms with E-state index in [-0.39, 0.29) is 12.2 Å². The summed E-state index contributed by atoms with van der Waals surface area (Å²) in [5.74, 6) is 0. The largest absolute Gasteiger partial charge is 0.393 e. The Balaban J connectivity index is 2.06. The van der Waals surface area contributed by atoms with Crippen LogP contribution in [0.4, 0.5) is 0 Å². The number of aliphatic hydroxyl groups excluding tert-OH is 1. The second kappa shape index (κ2) is 5.51. The minimum absolute atomic E-state index is 0.147. The summed E-state index contributed by atoms with van der Waals surface area (Å²) < 4.78 is 10.4. The van der Waals surface area contributed by atoms with Gasteiger partial charge in [-0.2, -0.15) is 0 Å². The fraction of sp³-hybridized carbons (Fsp3) is 1.00. The summed E-state index contributed by atoms with van der Waals surface area (Å²) in [7, 11) is 1.67. The molecule has 2 atom stereocenters. The second-order valence-corrected chi connectivity index (χ2v) is 3.31. The van der Waals surface area contributed by atoms with Gasteiger partial charge in [0.15, 0.2) is 0 Å². The van der Waals surface area contributed by atoms with Crippen LogP contribution in [0.2, 0.25) is 0 Å². The first kappa shape index (κ1) is 9.96. The van der Waals surface area contributed by atoms with Crippen LogP contribution in [0.3, 0.4) is 0 Å². The molecule has 72 valence electrons. The normalized spacial score (nSPS) is 30.5. The lowest BCUT2D eigenvalue weighted by Gasteiger charge is -2.25. The molecule has 0 bridgehead atoms. The van der Waals surface area contributed by atoms with Gasteiger partial charge in [-0.05, 0) is 25.7 Å². The van der Waals surface area contributed by atoms with Gasteiger partial charge in [0.05, 0.1) is 25.4 Å². The molecule has 1 fully saturated rings. The van der Waals surface area contributed by atoms with Gasteiger partial charge in [-0.25, -0.2) is 0 Å². The lowest BCUT2D eigenvalue weighted by molar-refractivity contribution is -0.0310. The van der Waals surface area contributed by atoms with E-state index in [1.54, 1.807) is 7.11 Å². The lowest BCUT2D eigenvalue weighted by atomic mass is 9.95. The highest BCUT2D eigenvalue weighted by Gasteiger charge is 2.19. The van der Waals surface area contributed by atoms with Crippen LogP contribution < -0.4 is 0 Å². The zero-order chi connectivity index (χ0) is 8.81. The molecule has 0 aromatic rings. The zero-order valence-corrected chi connectivity index (χ0v) is 7.66. The van der Waals surface area contributed by atoms with Crippen molar-refractivity contribution in [2.24, 2.45) is 0 Å². The van der Waals surface area contributed by atoms with Crippen molar-refractivity contribution in [3.05, 3.63) is 0 Å². The van der Waals surface area contributed by atoms with Crippen molar-refractivity contribution in [1.82, 2.24) is 0 Å². The third kappa shape index (κ3) is 3.52. The zero-order valence-electron chi connectivity index (χ0n) is 7.66. The minimum Gasteiger partial charge on any atom is -0.393 e. The van der Waals surface area contributed by atoms with Crippen molar-refractivity contribution in [2.45, 2.75) is 37.9 Å². The van der Waals surface area contributed by atoms with Crippen LogP contribution in [0.25, 0.3) is 0 Å². The van der Waals surface area contributed by atoms with Crippen LogP contribution in [0.1, 0.15) is 25.7 Å². The van der Waals surface area contributed by atoms with E-state index in [0.29, 0.717) is 13.2 Å². The first-order valence-corrected chi connectivity index (χ1v) is 4.61. The topological polar surface area (TPSA) is 38.7 Å².